The molecule has 0 saturated heterocycles. The first-order valence-corrected chi connectivity index (χ1v) is 5.14. The third-order valence-electron chi connectivity index (χ3n) is 4.06. The fraction of sp³-hybridized carbons (Fsp3) is 0.818. The monoisotopic (exact) mass is 193 g/mol. The van der Waals surface area contributed by atoms with Crippen LogP contribution in [-0.2, 0) is 9.53 Å². The van der Waals surface area contributed by atoms with E-state index in [9.17, 15) is 4.79 Å². The first kappa shape index (κ1) is 9.51. The topological polar surface area (TPSA) is 30.7 Å². The number of rotatable bonds is 1. The Morgan fingerprint density at radius 1 is 1.21 bits per heavy atom. The standard InChI is InChI=1S/C11H15NO2/c1-12-11-6-3-10(4-7-11,5-8-11)9(13)14-2/h3-8H2,2H3. The lowest BCUT2D eigenvalue weighted by atomic mass is 9.57. The third kappa shape index (κ3) is 1.13. The largest absolute Gasteiger partial charge is 0.469 e. The van der Waals surface area contributed by atoms with Gasteiger partial charge in [0.1, 0.15) is 0 Å². The highest BCUT2D eigenvalue weighted by molar-refractivity contribution is 5.77. The van der Waals surface area contributed by atoms with Crippen LogP contribution in [0, 0.1) is 12.0 Å². The van der Waals surface area contributed by atoms with E-state index in [1.165, 1.54) is 7.11 Å². The second-order valence-corrected chi connectivity index (χ2v) is 4.61. The summed E-state index contributed by atoms with van der Waals surface area (Å²) >= 11 is 0. The zero-order valence-electron chi connectivity index (χ0n) is 8.51. The van der Waals surface area contributed by atoms with E-state index >= 15 is 0 Å². The fourth-order valence-electron chi connectivity index (χ4n) is 2.86. The summed E-state index contributed by atoms with van der Waals surface area (Å²) in [5, 5.41) is 0. The van der Waals surface area contributed by atoms with E-state index in [1.807, 2.05) is 0 Å². The first-order chi connectivity index (χ1) is 6.66. The highest BCUT2D eigenvalue weighted by Gasteiger charge is 2.56. The minimum atomic E-state index is -0.235. The van der Waals surface area contributed by atoms with Gasteiger partial charge < -0.3 is 9.58 Å². The van der Waals surface area contributed by atoms with Crippen LogP contribution in [0.5, 0.6) is 0 Å². The summed E-state index contributed by atoms with van der Waals surface area (Å²) in [7, 11) is 1.46. The smallest absolute Gasteiger partial charge is 0.311 e. The molecule has 0 heterocycles. The normalized spacial score (nSPS) is 40.3. The van der Waals surface area contributed by atoms with Crippen molar-refractivity contribution in [2.45, 2.75) is 44.1 Å². The number of nitrogens with zero attached hydrogens (tertiary/aromatic N) is 1. The summed E-state index contributed by atoms with van der Waals surface area (Å²) in [6.45, 7) is 7.19. The van der Waals surface area contributed by atoms with Gasteiger partial charge >= 0.3 is 5.97 Å². The van der Waals surface area contributed by atoms with Crippen LogP contribution in [0.1, 0.15) is 38.5 Å². The molecule has 3 aliphatic rings. The molecule has 0 aromatic heterocycles. The third-order valence-corrected chi connectivity index (χ3v) is 4.06. The number of methoxy groups -OCH3 is 1. The van der Waals surface area contributed by atoms with Crippen LogP contribution in [0.4, 0.5) is 0 Å². The van der Waals surface area contributed by atoms with Gasteiger partial charge in [0.15, 0.2) is 0 Å². The Balaban J connectivity index is 2.17. The number of fused-ring (bicyclic) bond motifs is 3. The molecule has 0 atom stereocenters. The number of esters is 1. The molecule has 0 N–H and O–H groups in total. The summed E-state index contributed by atoms with van der Waals surface area (Å²) in [5.41, 5.74) is -0.364. The molecular formula is C11H15NO2. The highest BCUT2D eigenvalue weighted by Crippen LogP contribution is 2.54. The van der Waals surface area contributed by atoms with E-state index in [4.69, 9.17) is 11.3 Å². The summed E-state index contributed by atoms with van der Waals surface area (Å²) in [5.74, 6) is -0.0595. The molecule has 3 saturated carbocycles. The van der Waals surface area contributed by atoms with Crippen molar-refractivity contribution >= 4 is 5.97 Å². The minimum Gasteiger partial charge on any atom is -0.469 e. The lowest BCUT2D eigenvalue weighted by molar-refractivity contribution is -0.159. The Kier molecular flexibility index (Phi) is 2.02. The summed E-state index contributed by atoms with van der Waals surface area (Å²) in [6, 6.07) is 0. The molecule has 76 valence electrons. The first-order valence-electron chi connectivity index (χ1n) is 5.14. The molecule has 0 amide bonds. The second-order valence-electron chi connectivity index (χ2n) is 4.61. The molecule has 0 unspecified atom stereocenters. The van der Waals surface area contributed by atoms with E-state index in [0.717, 1.165) is 38.5 Å². The van der Waals surface area contributed by atoms with Crippen LogP contribution in [0.3, 0.4) is 0 Å². The molecular weight excluding hydrogens is 178 g/mol. The van der Waals surface area contributed by atoms with Gasteiger partial charge in [0.25, 0.3) is 0 Å². The van der Waals surface area contributed by atoms with Crippen LogP contribution < -0.4 is 0 Å². The van der Waals surface area contributed by atoms with Gasteiger partial charge in [-0.1, -0.05) is 0 Å². The number of carbonyl (C=O) groups excluding carboxylic acids is 1. The van der Waals surface area contributed by atoms with Crippen molar-refractivity contribution in [1.82, 2.24) is 0 Å². The van der Waals surface area contributed by atoms with Gasteiger partial charge in [-0.05, 0) is 19.3 Å². The highest BCUT2D eigenvalue weighted by atomic mass is 16.5. The molecule has 0 aromatic rings. The Labute approximate surface area is 84.3 Å². The lowest BCUT2D eigenvalue weighted by Crippen LogP contribution is -2.48. The van der Waals surface area contributed by atoms with Crippen molar-refractivity contribution in [3.8, 4) is 0 Å². The molecule has 2 bridgehead atoms. The van der Waals surface area contributed by atoms with Crippen molar-refractivity contribution in [3.05, 3.63) is 11.4 Å². The molecule has 0 aromatic carbocycles. The van der Waals surface area contributed by atoms with E-state index in [1.54, 1.807) is 0 Å². The van der Waals surface area contributed by atoms with Gasteiger partial charge in [0.05, 0.1) is 12.5 Å². The summed E-state index contributed by atoms with van der Waals surface area (Å²) in [6.07, 6.45) is 5.19. The predicted molar refractivity (Wildman–Crippen MR) is 51.5 cm³/mol. The summed E-state index contributed by atoms with van der Waals surface area (Å²) < 4.78 is 4.86. The van der Waals surface area contributed by atoms with Crippen molar-refractivity contribution < 1.29 is 9.53 Å². The van der Waals surface area contributed by atoms with Gasteiger partial charge in [0.2, 0.25) is 5.54 Å². The molecule has 14 heavy (non-hydrogen) atoms. The molecule has 3 aliphatic carbocycles. The number of hydrogen-bond acceptors (Lipinski definition) is 2. The van der Waals surface area contributed by atoms with Gasteiger partial charge in [0, 0.05) is 19.3 Å². The molecule has 0 radical (unpaired) electrons. The van der Waals surface area contributed by atoms with Crippen molar-refractivity contribution in [2.75, 3.05) is 7.11 Å². The van der Waals surface area contributed by atoms with Crippen molar-refractivity contribution in [2.24, 2.45) is 5.41 Å². The number of ether oxygens (including phenoxy) is 1. The zero-order valence-corrected chi connectivity index (χ0v) is 8.51. The Hall–Kier alpha value is -1.04. The molecule has 3 nitrogen and oxygen atoms in total. The second kappa shape index (κ2) is 2.98. The van der Waals surface area contributed by atoms with Gasteiger partial charge in [-0.3, -0.25) is 4.79 Å². The maximum absolute atomic E-state index is 11.6. The Morgan fingerprint density at radius 2 is 1.71 bits per heavy atom. The minimum absolute atomic E-state index is 0.0595. The molecule has 3 fully saturated rings. The van der Waals surface area contributed by atoms with Crippen LogP contribution in [-0.4, -0.2) is 18.6 Å². The number of carbonyl (C=O) groups is 1. The maximum atomic E-state index is 11.6. The fourth-order valence-corrected chi connectivity index (χ4v) is 2.86. The van der Waals surface area contributed by atoms with Crippen LogP contribution >= 0.6 is 0 Å². The van der Waals surface area contributed by atoms with E-state index in [2.05, 4.69) is 4.85 Å². The molecule has 0 aliphatic heterocycles. The maximum Gasteiger partial charge on any atom is 0.311 e. The number of hydrogen-bond donors (Lipinski definition) is 0. The van der Waals surface area contributed by atoms with Crippen LogP contribution in [0.2, 0.25) is 0 Å². The van der Waals surface area contributed by atoms with Crippen molar-refractivity contribution in [3.63, 3.8) is 0 Å². The van der Waals surface area contributed by atoms with Gasteiger partial charge in [-0.15, -0.1) is 0 Å². The summed E-state index contributed by atoms with van der Waals surface area (Å²) in [4.78, 5) is 15.4. The molecule has 3 heteroatoms. The SMILES string of the molecule is [C-]#[N+]C12CCC(C(=O)OC)(CC1)CC2. The quantitative estimate of drug-likeness (QED) is 0.472. The van der Waals surface area contributed by atoms with Crippen molar-refractivity contribution in [1.29, 1.82) is 0 Å². The molecule has 0 spiro atoms. The predicted octanol–water partition coefficient (Wildman–Crippen LogP) is 2.17. The van der Waals surface area contributed by atoms with E-state index in [-0.39, 0.29) is 16.9 Å². The molecule has 3 rings (SSSR count). The Morgan fingerprint density at radius 3 is 2.07 bits per heavy atom. The van der Waals surface area contributed by atoms with Crippen LogP contribution in [0.15, 0.2) is 0 Å². The van der Waals surface area contributed by atoms with E-state index in [0.29, 0.717) is 0 Å². The zero-order chi connectivity index (χ0) is 10.2. The average Bonchev–Trinajstić information content (AvgIpc) is 2.30. The average molecular weight is 193 g/mol. The Bertz CT molecular complexity index is 278. The lowest BCUT2D eigenvalue weighted by Gasteiger charge is -2.45. The van der Waals surface area contributed by atoms with Crippen LogP contribution in [0.25, 0.3) is 4.85 Å². The van der Waals surface area contributed by atoms with Gasteiger partial charge in [-0.2, -0.15) is 0 Å². The van der Waals surface area contributed by atoms with Gasteiger partial charge in [-0.25, -0.2) is 6.57 Å². The van der Waals surface area contributed by atoms with E-state index < -0.39 is 0 Å².